The lowest BCUT2D eigenvalue weighted by molar-refractivity contribution is 0.216. The van der Waals surface area contributed by atoms with Crippen molar-refractivity contribution in [1.82, 2.24) is 9.97 Å². The fourth-order valence-corrected chi connectivity index (χ4v) is 2.62. The van der Waals surface area contributed by atoms with E-state index in [1.54, 1.807) is 0 Å². The van der Waals surface area contributed by atoms with Crippen LogP contribution < -0.4 is 10.1 Å². The van der Waals surface area contributed by atoms with Gasteiger partial charge in [0, 0.05) is 12.5 Å². The van der Waals surface area contributed by atoms with Crippen LogP contribution in [-0.2, 0) is 0 Å². The summed E-state index contributed by atoms with van der Waals surface area (Å²) in [5, 5.41) is 3.33. The van der Waals surface area contributed by atoms with Crippen LogP contribution in [0.25, 0.3) is 0 Å². The molecule has 0 saturated heterocycles. The Bertz CT molecular complexity index is 467. The Labute approximate surface area is 121 Å². The van der Waals surface area contributed by atoms with Crippen molar-refractivity contribution in [2.24, 2.45) is 5.92 Å². The van der Waals surface area contributed by atoms with Gasteiger partial charge in [-0.15, -0.1) is 0 Å². The summed E-state index contributed by atoms with van der Waals surface area (Å²) < 4.78 is 5.96. The second-order valence-corrected chi connectivity index (χ2v) is 6.10. The van der Waals surface area contributed by atoms with Crippen molar-refractivity contribution in [3.05, 3.63) is 11.4 Å². The van der Waals surface area contributed by atoms with Crippen molar-refractivity contribution < 1.29 is 4.74 Å². The second-order valence-electron chi connectivity index (χ2n) is 6.10. The molecule has 2 saturated carbocycles. The maximum absolute atomic E-state index is 5.96. The van der Waals surface area contributed by atoms with Crippen LogP contribution in [0.2, 0.25) is 0 Å². The van der Waals surface area contributed by atoms with Gasteiger partial charge in [-0.2, -0.15) is 4.98 Å². The summed E-state index contributed by atoms with van der Waals surface area (Å²) in [6, 6.07) is 0. The number of nitrogens with zero attached hydrogens (tertiary/aromatic N) is 2. The Balaban J connectivity index is 1.69. The van der Waals surface area contributed by atoms with Crippen LogP contribution in [0.5, 0.6) is 5.88 Å². The van der Waals surface area contributed by atoms with Gasteiger partial charge in [0.05, 0.1) is 12.2 Å². The minimum atomic E-state index is 0.557. The monoisotopic (exact) mass is 275 g/mol. The lowest BCUT2D eigenvalue weighted by Crippen LogP contribution is -2.15. The minimum Gasteiger partial charge on any atom is -0.477 e. The number of hydrogen-bond donors (Lipinski definition) is 1. The molecule has 0 bridgehead atoms. The number of rotatable bonds is 7. The maximum atomic E-state index is 5.96. The summed E-state index contributed by atoms with van der Waals surface area (Å²) in [6.07, 6.45) is 7.75. The van der Waals surface area contributed by atoms with Gasteiger partial charge < -0.3 is 10.1 Å². The van der Waals surface area contributed by atoms with Crippen molar-refractivity contribution in [3.8, 4) is 5.88 Å². The first-order valence-electron chi connectivity index (χ1n) is 8.03. The molecule has 1 heterocycles. The Hall–Kier alpha value is -1.32. The molecule has 2 aliphatic rings. The molecular weight excluding hydrogens is 250 g/mol. The first-order valence-corrected chi connectivity index (χ1v) is 8.03. The minimum absolute atomic E-state index is 0.557. The summed E-state index contributed by atoms with van der Waals surface area (Å²) in [5.74, 6) is 4.14. The van der Waals surface area contributed by atoms with E-state index < -0.39 is 0 Å². The van der Waals surface area contributed by atoms with Crippen LogP contribution in [0.4, 0.5) is 5.82 Å². The highest BCUT2D eigenvalue weighted by atomic mass is 16.5. The molecule has 110 valence electrons. The molecule has 1 aromatic heterocycles. The van der Waals surface area contributed by atoms with E-state index in [1.165, 1.54) is 38.5 Å². The average Bonchev–Trinajstić information content (AvgIpc) is 3.21. The summed E-state index contributed by atoms with van der Waals surface area (Å²) in [4.78, 5) is 9.30. The highest BCUT2D eigenvalue weighted by Crippen LogP contribution is 2.40. The molecule has 0 unspecified atom stereocenters. The summed E-state index contributed by atoms with van der Waals surface area (Å²) in [7, 11) is 0. The molecule has 0 aliphatic heterocycles. The predicted octanol–water partition coefficient (Wildman–Crippen LogP) is 3.66. The van der Waals surface area contributed by atoms with E-state index in [2.05, 4.69) is 22.2 Å². The van der Waals surface area contributed by atoms with E-state index >= 15 is 0 Å². The summed E-state index contributed by atoms with van der Waals surface area (Å²) >= 11 is 0. The third-order valence-corrected chi connectivity index (χ3v) is 4.39. The molecule has 0 spiro atoms. The van der Waals surface area contributed by atoms with Crippen molar-refractivity contribution in [1.29, 1.82) is 0 Å². The molecule has 0 radical (unpaired) electrons. The smallest absolute Gasteiger partial charge is 0.221 e. The molecule has 0 aromatic carbocycles. The molecule has 2 fully saturated rings. The molecule has 20 heavy (non-hydrogen) atoms. The third-order valence-electron chi connectivity index (χ3n) is 4.39. The van der Waals surface area contributed by atoms with Crippen molar-refractivity contribution >= 4 is 5.82 Å². The normalized spacial score (nSPS) is 18.7. The standard InChI is InChI=1S/C16H25N3O/c1-3-17-14-11(2)16(19-15(18-14)13-7-8-13)20-10-9-12-5-4-6-12/h12-13H,3-10H2,1-2H3,(H,17,18,19). The lowest BCUT2D eigenvalue weighted by Gasteiger charge is -2.25. The molecule has 1 N–H and O–H groups in total. The Kier molecular flexibility index (Phi) is 4.08. The zero-order chi connectivity index (χ0) is 13.9. The van der Waals surface area contributed by atoms with Gasteiger partial charge in [0.15, 0.2) is 0 Å². The second kappa shape index (κ2) is 5.98. The molecule has 2 aliphatic carbocycles. The Morgan fingerprint density at radius 2 is 2.00 bits per heavy atom. The number of nitrogens with one attached hydrogen (secondary N) is 1. The van der Waals surface area contributed by atoms with Crippen LogP contribution in [0.1, 0.15) is 62.8 Å². The van der Waals surface area contributed by atoms with Crippen molar-refractivity contribution in [2.75, 3.05) is 18.5 Å². The molecular formula is C16H25N3O. The van der Waals surface area contributed by atoms with E-state index in [1.807, 2.05) is 6.92 Å². The quantitative estimate of drug-likeness (QED) is 0.825. The van der Waals surface area contributed by atoms with Crippen molar-refractivity contribution in [2.45, 2.75) is 58.3 Å². The van der Waals surface area contributed by atoms with Crippen LogP contribution in [0, 0.1) is 12.8 Å². The number of anilines is 1. The van der Waals surface area contributed by atoms with Crippen LogP contribution >= 0.6 is 0 Å². The highest BCUT2D eigenvalue weighted by Gasteiger charge is 2.28. The van der Waals surface area contributed by atoms with Crippen LogP contribution in [0.3, 0.4) is 0 Å². The summed E-state index contributed by atoms with van der Waals surface area (Å²) in [5.41, 5.74) is 1.05. The van der Waals surface area contributed by atoms with Crippen LogP contribution in [0.15, 0.2) is 0 Å². The fourth-order valence-electron chi connectivity index (χ4n) is 2.62. The molecule has 1 aromatic rings. The van der Waals surface area contributed by atoms with E-state index in [4.69, 9.17) is 4.74 Å². The van der Waals surface area contributed by atoms with E-state index in [0.29, 0.717) is 5.92 Å². The zero-order valence-corrected chi connectivity index (χ0v) is 12.6. The lowest BCUT2D eigenvalue weighted by atomic mass is 9.83. The molecule has 0 atom stereocenters. The Morgan fingerprint density at radius 3 is 2.60 bits per heavy atom. The molecule has 0 amide bonds. The average molecular weight is 275 g/mol. The van der Waals surface area contributed by atoms with Gasteiger partial charge in [-0.1, -0.05) is 19.3 Å². The van der Waals surface area contributed by atoms with Gasteiger partial charge in [-0.25, -0.2) is 4.98 Å². The molecule has 4 heteroatoms. The van der Waals surface area contributed by atoms with Crippen molar-refractivity contribution in [3.63, 3.8) is 0 Å². The first kappa shape index (κ1) is 13.7. The van der Waals surface area contributed by atoms with Gasteiger partial charge in [0.25, 0.3) is 0 Å². The Morgan fingerprint density at radius 1 is 1.20 bits per heavy atom. The number of aromatic nitrogens is 2. The van der Waals surface area contributed by atoms with Crippen LogP contribution in [-0.4, -0.2) is 23.1 Å². The largest absolute Gasteiger partial charge is 0.477 e. The van der Waals surface area contributed by atoms with Gasteiger partial charge in [-0.05, 0) is 39.0 Å². The van der Waals surface area contributed by atoms with E-state index in [9.17, 15) is 0 Å². The zero-order valence-electron chi connectivity index (χ0n) is 12.6. The molecule has 3 rings (SSSR count). The molecule has 4 nitrogen and oxygen atoms in total. The van der Waals surface area contributed by atoms with Gasteiger partial charge in [0.2, 0.25) is 5.88 Å². The predicted molar refractivity (Wildman–Crippen MR) is 80.4 cm³/mol. The van der Waals surface area contributed by atoms with Gasteiger partial charge in [-0.3, -0.25) is 0 Å². The fraction of sp³-hybridized carbons (Fsp3) is 0.750. The van der Waals surface area contributed by atoms with Gasteiger partial charge >= 0.3 is 0 Å². The SMILES string of the molecule is CCNc1nc(C2CC2)nc(OCCC2CCC2)c1C. The first-order chi connectivity index (χ1) is 9.78. The third kappa shape index (κ3) is 3.05. The number of ether oxygens (including phenoxy) is 1. The maximum Gasteiger partial charge on any atom is 0.221 e. The van der Waals surface area contributed by atoms with Gasteiger partial charge in [0.1, 0.15) is 11.6 Å². The van der Waals surface area contributed by atoms with E-state index in [0.717, 1.165) is 42.2 Å². The topological polar surface area (TPSA) is 47.0 Å². The van der Waals surface area contributed by atoms with E-state index in [-0.39, 0.29) is 0 Å². The number of hydrogen-bond acceptors (Lipinski definition) is 4. The highest BCUT2D eigenvalue weighted by molar-refractivity contribution is 5.49. The summed E-state index contributed by atoms with van der Waals surface area (Å²) in [6.45, 7) is 5.81.